The molecule has 1 aromatic rings. The van der Waals surface area contributed by atoms with E-state index in [4.69, 9.17) is 16.3 Å². The third kappa shape index (κ3) is 4.85. The van der Waals surface area contributed by atoms with Crippen LogP contribution in [-0.4, -0.2) is 23.8 Å². The summed E-state index contributed by atoms with van der Waals surface area (Å²) in [5.74, 6) is -0.00977. The first kappa shape index (κ1) is 16.5. The Balaban J connectivity index is 2.71. The van der Waals surface area contributed by atoms with Crippen LogP contribution in [0.4, 0.5) is 0 Å². The number of benzene rings is 1. The summed E-state index contributed by atoms with van der Waals surface area (Å²) in [6.07, 6.45) is 0.818. The topological polar surface area (TPSA) is 55.4 Å². The van der Waals surface area contributed by atoms with Gasteiger partial charge in [0, 0.05) is 10.6 Å². The van der Waals surface area contributed by atoms with Crippen molar-refractivity contribution in [2.24, 2.45) is 0 Å². The molecule has 1 rings (SSSR count). The third-order valence-corrected chi connectivity index (χ3v) is 3.28. The SMILES string of the molecule is CCC(C)(C)NC(=O)COc1ccc(Cl)cc1C(C)=O. The van der Waals surface area contributed by atoms with Gasteiger partial charge in [0.05, 0.1) is 5.56 Å². The molecule has 0 spiro atoms. The average molecular weight is 298 g/mol. The van der Waals surface area contributed by atoms with E-state index >= 15 is 0 Å². The van der Waals surface area contributed by atoms with Crippen LogP contribution in [0.15, 0.2) is 18.2 Å². The van der Waals surface area contributed by atoms with Gasteiger partial charge < -0.3 is 10.1 Å². The fourth-order valence-electron chi connectivity index (χ4n) is 1.55. The summed E-state index contributed by atoms with van der Waals surface area (Å²) < 4.78 is 5.41. The van der Waals surface area contributed by atoms with Gasteiger partial charge in [-0.3, -0.25) is 9.59 Å². The lowest BCUT2D eigenvalue weighted by Crippen LogP contribution is -2.44. The first-order chi connectivity index (χ1) is 9.25. The highest BCUT2D eigenvalue weighted by Gasteiger charge is 2.18. The molecule has 0 aliphatic carbocycles. The molecule has 5 heteroatoms. The molecule has 20 heavy (non-hydrogen) atoms. The summed E-state index contributed by atoms with van der Waals surface area (Å²) in [5, 5.41) is 3.32. The Morgan fingerprint density at radius 2 is 2.00 bits per heavy atom. The lowest BCUT2D eigenvalue weighted by molar-refractivity contribution is -0.124. The number of ketones is 1. The maximum Gasteiger partial charge on any atom is 0.258 e. The zero-order valence-corrected chi connectivity index (χ0v) is 13.0. The summed E-state index contributed by atoms with van der Waals surface area (Å²) in [6.45, 7) is 7.17. The van der Waals surface area contributed by atoms with Crippen LogP contribution >= 0.6 is 11.6 Å². The van der Waals surface area contributed by atoms with E-state index in [-0.39, 0.29) is 23.8 Å². The van der Waals surface area contributed by atoms with Gasteiger partial charge >= 0.3 is 0 Å². The fraction of sp³-hybridized carbons (Fsp3) is 0.467. The first-order valence-electron chi connectivity index (χ1n) is 6.49. The van der Waals surface area contributed by atoms with E-state index in [1.165, 1.54) is 13.0 Å². The van der Waals surface area contributed by atoms with Crippen LogP contribution in [0.25, 0.3) is 0 Å². The van der Waals surface area contributed by atoms with E-state index in [0.717, 1.165) is 6.42 Å². The zero-order valence-electron chi connectivity index (χ0n) is 12.2. The number of nitrogens with one attached hydrogen (secondary N) is 1. The molecule has 1 N–H and O–H groups in total. The fourth-order valence-corrected chi connectivity index (χ4v) is 1.72. The molecule has 0 aliphatic heterocycles. The van der Waals surface area contributed by atoms with Crippen molar-refractivity contribution in [3.63, 3.8) is 0 Å². The molecule has 1 amide bonds. The summed E-state index contributed by atoms with van der Waals surface area (Å²) in [7, 11) is 0. The van der Waals surface area contributed by atoms with Gasteiger partial charge in [-0.1, -0.05) is 18.5 Å². The predicted octanol–water partition coefficient (Wildman–Crippen LogP) is 3.23. The molecule has 0 bridgehead atoms. The smallest absolute Gasteiger partial charge is 0.258 e. The van der Waals surface area contributed by atoms with Gasteiger partial charge in [0.2, 0.25) is 0 Å². The Labute approximate surface area is 124 Å². The highest BCUT2D eigenvalue weighted by molar-refractivity contribution is 6.31. The number of amides is 1. The van der Waals surface area contributed by atoms with Gasteiger partial charge in [0.25, 0.3) is 5.91 Å². The third-order valence-electron chi connectivity index (χ3n) is 3.04. The molecule has 1 aromatic carbocycles. The second-order valence-corrected chi connectivity index (χ2v) is 5.71. The quantitative estimate of drug-likeness (QED) is 0.820. The van der Waals surface area contributed by atoms with Crippen molar-refractivity contribution in [1.29, 1.82) is 0 Å². The number of halogens is 1. The van der Waals surface area contributed by atoms with Crippen LogP contribution in [0.2, 0.25) is 5.02 Å². The maximum absolute atomic E-state index is 11.8. The van der Waals surface area contributed by atoms with Gasteiger partial charge in [-0.2, -0.15) is 0 Å². The highest BCUT2D eigenvalue weighted by atomic mass is 35.5. The van der Waals surface area contributed by atoms with Crippen molar-refractivity contribution in [3.05, 3.63) is 28.8 Å². The molecular weight excluding hydrogens is 278 g/mol. The zero-order chi connectivity index (χ0) is 15.3. The molecule has 0 atom stereocenters. The Bertz CT molecular complexity index is 512. The van der Waals surface area contributed by atoms with E-state index < -0.39 is 0 Å². The van der Waals surface area contributed by atoms with Gasteiger partial charge in [-0.15, -0.1) is 0 Å². The van der Waals surface area contributed by atoms with Gasteiger partial charge in [-0.25, -0.2) is 0 Å². The molecule has 0 unspecified atom stereocenters. The number of rotatable bonds is 6. The molecular formula is C15H20ClNO3. The monoisotopic (exact) mass is 297 g/mol. The van der Waals surface area contributed by atoms with Crippen molar-refractivity contribution >= 4 is 23.3 Å². The number of hydrogen-bond donors (Lipinski definition) is 1. The van der Waals surface area contributed by atoms with Gasteiger partial charge in [0.1, 0.15) is 5.75 Å². The molecule has 0 heterocycles. The normalized spacial score (nSPS) is 11.1. The Morgan fingerprint density at radius 1 is 1.35 bits per heavy atom. The van der Waals surface area contributed by atoms with Crippen LogP contribution in [0, 0.1) is 0 Å². The minimum Gasteiger partial charge on any atom is -0.483 e. The Morgan fingerprint density at radius 3 is 2.55 bits per heavy atom. The van der Waals surface area contributed by atoms with Crippen LogP contribution < -0.4 is 10.1 Å². The molecule has 110 valence electrons. The average Bonchev–Trinajstić information content (AvgIpc) is 2.36. The van der Waals surface area contributed by atoms with E-state index in [1.807, 2.05) is 20.8 Å². The second kappa shape index (κ2) is 6.75. The molecule has 0 fully saturated rings. The van der Waals surface area contributed by atoms with Gasteiger partial charge in [-0.05, 0) is 45.4 Å². The lowest BCUT2D eigenvalue weighted by atomic mass is 10.0. The standard InChI is InChI=1S/C15H20ClNO3/c1-5-15(3,4)17-14(19)9-20-13-7-6-11(16)8-12(13)10(2)18/h6-8H,5,9H2,1-4H3,(H,17,19). The van der Waals surface area contributed by atoms with Crippen molar-refractivity contribution < 1.29 is 14.3 Å². The van der Waals surface area contributed by atoms with E-state index in [1.54, 1.807) is 12.1 Å². The predicted molar refractivity (Wildman–Crippen MR) is 79.5 cm³/mol. The van der Waals surface area contributed by atoms with E-state index in [2.05, 4.69) is 5.32 Å². The van der Waals surface area contributed by atoms with Crippen molar-refractivity contribution in [2.45, 2.75) is 39.7 Å². The van der Waals surface area contributed by atoms with Crippen LogP contribution in [0.3, 0.4) is 0 Å². The minimum absolute atomic E-state index is 0.134. The van der Waals surface area contributed by atoms with Crippen LogP contribution in [0.1, 0.15) is 44.5 Å². The summed E-state index contributed by atoms with van der Waals surface area (Å²) in [4.78, 5) is 23.3. The summed E-state index contributed by atoms with van der Waals surface area (Å²) in [6, 6.07) is 4.75. The molecule has 0 saturated heterocycles. The molecule has 4 nitrogen and oxygen atoms in total. The molecule has 0 saturated carbocycles. The van der Waals surface area contributed by atoms with Crippen LogP contribution in [0.5, 0.6) is 5.75 Å². The highest BCUT2D eigenvalue weighted by Crippen LogP contribution is 2.23. The van der Waals surface area contributed by atoms with E-state index in [0.29, 0.717) is 16.3 Å². The second-order valence-electron chi connectivity index (χ2n) is 5.27. The minimum atomic E-state index is -0.274. The maximum atomic E-state index is 11.8. The van der Waals surface area contributed by atoms with Crippen molar-refractivity contribution in [3.8, 4) is 5.75 Å². The van der Waals surface area contributed by atoms with Gasteiger partial charge in [0.15, 0.2) is 12.4 Å². The summed E-state index contributed by atoms with van der Waals surface area (Å²) >= 11 is 5.84. The number of carbonyl (C=O) groups is 2. The Kier molecular flexibility index (Phi) is 5.57. The number of hydrogen-bond acceptors (Lipinski definition) is 3. The molecule has 0 aliphatic rings. The molecule has 0 aromatic heterocycles. The number of Topliss-reactive ketones (excluding diaryl/α,β-unsaturated/α-hetero) is 1. The van der Waals surface area contributed by atoms with Crippen molar-refractivity contribution in [1.82, 2.24) is 5.32 Å². The summed E-state index contributed by atoms with van der Waals surface area (Å²) in [5.41, 5.74) is 0.101. The first-order valence-corrected chi connectivity index (χ1v) is 6.87. The van der Waals surface area contributed by atoms with E-state index in [9.17, 15) is 9.59 Å². The van der Waals surface area contributed by atoms with Crippen LogP contribution in [-0.2, 0) is 4.79 Å². The lowest BCUT2D eigenvalue weighted by Gasteiger charge is -2.24. The largest absolute Gasteiger partial charge is 0.483 e. The van der Waals surface area contributed by atoms with Crippen molar-refractivity contribution in [2.75, 3.05) is 6.61 Å². The molecule has 0 radical (unpaired) electrons. The number of carbonyl (C=O) groups excluding carboxylic acids is 2. The Hall–Kier alpha value is -1.55. The number of ether oxygens (including phenoxy) is 1.